The first-order valence-electron chi connectivity index (χ1n) is 11.2. The first kappa shape index (κ1) is 18.4. The summed E-state index contributed by atoms with van der Waals surface area (Å²) in [4.78, 5) is 19.6. The van der Waals surface area contributed by atoms with Crippen LogP contribution in [0, 0.1) is 0 Å². The number of rotatable bonds is 5. The van der Waals surface area contributed by atoms with Crippen LogP contribution in [0.15, 0.2) is 24.3 Å². The lowest BCUT2D eigenvalue weighted by atomic mass is 9.94. The van der Waals surface area contributed by atoms with Crippen LogP contribution in [0.4, 0.5) is 0 Å². The zero-order chi connectivity index (χ0) is 19.0. The average Bonchev–Trinajstić information content (AvgIpc) is 3.32. The van der Waals surface area contributed by atoms with Crippen LogP contribution in [-0.4, -0.2) is 71.5 Å². The zero-order valence-electron chi connectivity index (χ0n) is 16.9. The molecule has 2 bridgehead atoms. The Labute approximate surface area is 168 Å². The molecule has 3 heterocycles. The number of fused-ring (bicyclic) bond motifs is 2. The standard InChI is InChI=1S/C23H33N3O2/c27-22-17-25(14-15-26(22)20-4-1-2-5-20)16-19-6-8-21(9-7-19)28-23-10-3-12-24(18-23)13-11-23/h6-9,20H,1-5,10-18H2/t23-/m0/s1. The fourth-order valence-electron chi connectivity index (χ4n) is 5.72. The van der Waals surface area contributed by atoms with Crippen molar-refractivity contribution >= 4 is 5.91 Å². The minimum absolute atomic E-state index is 0.0444. The van der Waals surface area contributed by atoms with Gasteiger partial charge in [-0.15, -0.1) is 0 Å². The summed E-state index contributed by atoms with van der Waals surface area (Å²) in [5, 5.41) is 0. The van der Waals surface area contributed by atoms with Crippen molar-refractivity contribution in [3.63, 3.8) is 0 Å². The quantitative estimate of drug-likeness (QED) is 0.783. The van der Waals surface area contributed by atoms with E-state index in [1.807, 2.05) is 0 Å². The highest BCUT2D eigenvalue weighted by Crippen LogP contribution is 2.35. The minimum atomic E-state index is 0.0444. The van der Waals surface area contributed by atoms with E-state index in [0.29, 0.717) is 18.5 Å². The third kappa shape index (κ3) is 3.79. The van der Waals surface area contributed by atoms with E-state index in [1.54, 1.807) is 0 Å². The van der Waals surface area contributed by atoms with Gasteiger partial charge in [0, 0.05) is 45.2 Å². The number of hydrogen-bond donors (Lipinski definition) is 0. The van der Waals surface area contributed by atoms with Gasteiger partial charge in [-0.1, -0.05) is 25.0 Å². The number of carbonyl (C=O) groups is 1. The molecule has 1 aromatic rings. The number of piperidine rings is 1. The summed E-state index contributed by atoms with van der Waals surface area (Å²) in [6.07, 6.45) is 8.55. The number of piperazine rings is 1. The molecule has 0 aromatic heterocycles. The van der Waals surface area contributed by atoms with Crippen LogP contribution in [0.3, 0.4) is 0 Å². The lowest BCUT2D eigenvalue weighted by molar-refractivity contribution is -0.138. The minimum Gasteiger partial charge on any atom is -0.486 e. The number of amides is 1. The monoisotopic (exact) mass is 383 g/mol. The van der Waals surface area contributed by atoms with Crippen molar-refractivity contribution in [2.75, 3.05) is 39.3 Å². The van der Waals surface area contributed by atoms with Gasteiger partial charge in [0.2, 0.25) is 5.91 Å². The molecule has 1 saturated carbocycles. The van der Waals surface area contributed by atoms with Crippen LogP contribution in [0.5, 0.6) is 5.75 Å². The van der Waals surface area contributed by atoms with E-state index in [-0.39, 0.29) is 5.60 Å². The van der Waals surface area contributed by atoms with Gasteiger partial charge in [-0.05, 0) is 49.9 Å². The fourth-order valence-corrected chi connectivity index (χ4v) is 5.72. The third-order valence-electron chi connectivity index (χ3n) is 7.27. The molecule has 0 radical (unpaired) electrons. The molecule has 28 heavy (non-hydrogen) atoms. The van der Waals surface area contributed by atoms with E-state index < -0.39 is 0 Å². The summed E-state index contributed by atoms with van der Waals surface area (Å²) < 4.78 is 6.45. The predicted molar refractivity (Wildman–Crippen MR) is 109 cm³/mol. The lowest BCUT2D eigenvalue weighted by Crippen LogP contribution is -2.53. The van der Waals surface area contributed by atoms with Crippen LogP contribution in [0.25, 0.3) is 0 Å². The van der Waals surface area contributed by atoms with Crippen LogP contribution in [0.2, 0.25) is 0 Å². The van der Waals surface area contributed by atoms with E-state index in [9.17, 15) is 4.79 Å². The van der Waals surface area contributed by atoms with E-state index in [0.717, 1.165) is 38.3 Å². The van der Waals surface area contributed by atoms with Gasteiger partial charge in [-0.2, -0.15) is 0 Å². The summed E-state index contributed by atoms with van der Waals surface area (Å²) in [7, 11) is 0. The predicted octanol–water partition coefficient (Wildman–Crippen LogP) is 2.89. The maximum atomic E-state index is 12.6. The Balaban J connectivity index is 1.15. The number of carbonyl (C=O) groups excluding carboxylic acids is 1. The Bertz CT molecular complexity index is 696. The molecular weight excluding hydrogens is 350 g/mol. The van der Waals surface area contributed by atoms with Gasteiger partial charge < -0.3 is 9.64 Å². The first-order valence-corrected chi connectivity index (χ1v) is 11.2. The molecule has 5 heteroatoms. The highest BCUT2D eigenvalue weighted by molar-refractivity contribution is 5.79. The van der Waals surface area contributed by atoms with Crippen LogP contribution in [0.1, 0.15) is 50.5 Å². The smallest absolute Gasteiger partial charge is 0.237 e. The van der Waals surface area contributed by atoms with E-state index in [4.69, 9.17) is 4.74 Å². The second-order valence-corrected chi connectivity index (χ2v) is 9.29. The molecule has 0 spiro atoms. The van der Waals surface area contributed by atoms with Gasteiger partial charge in [0.25, 0.3) is 0 Å². The highest BCUT2D eigenvalue weighted by Gasteiger charge is 2.42. The maximum Gasteiger partial charge on any atom is 0.237 e. The van der Waals surface area contributed by atoms with Crippen molar-refractivity contribution in [3.05, 3.63) is 29.8 Å². The van der Waals surface area contributed by atoms with E-state index in [2.05, 4.69) is 39.0 Å². The van der Waals surface area contributed by atoms with Crippen LogP contribution < -0.4 is 4.74 Å². The van der Waals surface area contributed by atoms with Gasteiger partial charge in [-0.25, -0.2) is 0 Å². The second kappa shape index (κ2) is 7.68. The molecule has 0 N–H and O–H groups in total. The molecule has 4 fully saturated rings. The lowest BCUT2D eigenvalue weighted by Gasteiger charge is -2.38. The van der Waals surface area contributed by atoms with Crippen molar-refractivity contribution in [2.45, 2.75) is 63.1 Å². The van der Waals surface area contributed by atoms with Gasteiger partial charge in [0.15, 0.2) is 0 Å². The van der Waals surface area contributed by atoms with Crippen LogP contribution >= 0.6 is 0 Å². The van der Waals surface area contributed by atoms with Gasteiger partial charge in [-0.3, -0.25) is 14.6 Å². The first-order chi connectivity index (χ1) is 13.7. The normalized spacial score (nSPS) is 31.5. The third-order valence-corrected chi connectivity index (χ3v) is 7.27. The molecule has 3 aliphatic heterocycles. The van der Waals surface area contributed by atoms with Crippen molar-refractivity contribution < 1.29 is 9.53 Å². The Morgan fingerprint density at radius 1 is 0.964 bits per heavy atom. The van der Waals surface area contributed by atoms with Crippen molar-refractivity contribution in [1.82, 2.24) is 14.7 Å². The molecule has 1 aliphatic carbocycles. The highest BCUT2D eigenvalue weighted by atomic mass is 16.5. The molecule has 5 nitrogen and oxygen atoms in total. The summed E-state index contributed by atoms with van der Waals surface area (Å²) in [6, 6.07) is 9.11. The van der Waals surface area contributed by atoms with Crippen molar-refractivity contribution in [1.29, 1.82) is 0 Å². The molecular formula is C23H33N3O2. The molecule has 5 rings (SSSR count). The van der Waals surface area contributed by atoms with Gasteiger partial charge >= 0.3 is 0 Å². The maximum absolute atomic E-state index is 12.6. The van der Waals surface area contributed by atoms with Crippen molar-refractivity contribution in [3.8, 4) is 5.75 Å². The molecule has 1 unspecified atom stereocenters. The summed E-state index contributed by atoms with van der Waals surface area (Å²) in [5.74, 6) is 1.31. The summed E-state index contributed by atoms with van der Waals surface area (Å²) in [5.41, 5.74) is 1.31. The Kier molecular flexibility index (Phi) is 5.06. The molecule has 3 saturated heterocycles. The molecule has 2 atom stereocenters. The second-order valence-electron chi connectivity index (χ2n) is 9.29. The zero-order valence-corrected chi connectivity index (χ0v) is 16.9. The Morgan fingerprint density at radius 2 is 1.79 bits per heavy atom. The number of benzene rings is 1. The fraction of sp³-hybridized carbons (Fsp3) is 0.696. The Morgan fingerprint density at radius 3 is 2.57 bits per heavy atom. The topological polar surface area (TPSA) is 36.0 Å². The number of hydrogen-bond acceptors (Lipinski definition) is 4. The van der Waals surface area contributed by atoms with Crippen molar-refractivity contribution in [2.24, 2.45) is 0 Å². The Hall–Kier alpha value is -1.59. The van der Waals surface area contributed by atoms with Crippen LogP contribution in [-0.2, 0) is 11.3 Å². The molecule has 1 aromatic carbocycles. The number of ether oxygens (including phenoxy) is 1. The largest absolute Gasteiger partial charge is 0.486 e. The van der Waals surface area contributed by atoms with Gasteiger partial charge in [0.1, 0.15) is 11.4 Å². The van der Waals surface area contributed by atoms with Gasteiger partial charge in [0.05, 0.1) is 6.54 Å². The average molecular weight is 384 g/mol. The van der Waals surface area contributed by atoms with E-state index in [1.165, 1.54) is 57.2 Å². The molecule has 1 amide bonds. The van der Waals surface area contributed by atoms with E-state index >= 15 is 0 Å². The number of nitrogens with zero attached hydrogens (tertiary/aromatic N) is 3. The summed E-state index contributed by atoms with van der Waals surface area (Å²) >= 11 is 0. The molecule has 152 valence electrons. The molecule has 4 aliphatic rings. The summed E-state index contributed by atoms with van der Waals surface area (Å²) in [6.45, 7) is 6.79. The SMILES string of the molecule is O=C1CN(Cc2ccc(O[C@@]34CCCN(CC3)C4)cc2)CCN1C1CCCC1.